The predicted octanol–water partition coefficient (Wildman–Crippen LogP) is 2.83. The van der Waals surface area contributed by atoms with E-state index in [4.69, 9.17) is 0 Å². The number of hydrogen-bond acceptors (Lipinski definition) is 5. The monoisotopic (exact) mass is 361 g/mol. The molecule has 1 atom stereocenters. The summed E-state index contributed by atoms with van der Waals surface area (Å²) in [6, 6.07) is 7.47. The Labute approximate surface area is 151 Å². The van der Waals surface area contributed by atoms with Gasteiger partial charge >= 0.3 is 0 Å². The number of thioether (sulfide) groups is 1. The Morgan fingerprint density at radius 3 is 2.52 bits per heavy atom. The first kappa shape index (κ1) is 17.9. The molecule has 6 nitrogen and oxygen atoms in total. The smallest absolute Gasteiger partial charge is 0.290 e. The molecule has 0 unspecified atom stereocenters. The van der Waals surface area contributed by atoms with E-state index in [1.165, 1.54) is 11.3 Å². The molecule has 1 aromatic rings. The second-order valence-electron chi connectivity index (χ2n) is 6.58. The van der Waals surface area contributed by atoms with Crippen LogP contribution in [0.15, 0.2) is 24.3 Å². The van der Waals surface area contributed by atoms with Crippen LogP contribution in [0.5, 0.6) is 0 Å². The van der Waals surface area contributed by atoms with Crippen molar-refractivity contribution in [3.8, 4) is 0 Å². The number of piperidine rings is 1. The summed E-state index contributed by atoms with van der Waals surface area (Å²) in [5, 5.41) is 1.91. The zero-order chi connectivity index (χ0) is 17.8. The summed E-state index contributed by atoms with van der Waals surface area (Å²) < 4.78 is 0. The summed E-state index contributed by atoms with van der Waals surface area (Å²) in [5.74, 6) is -0.498. The van der Waals surface area contributed by atoms with E-state index in [-0.39, 0.29) is 23.5 Å². The van der Waals surface area contributed by atoms with Gasteiger partial charge in [-0.1, -0.05) is 35.9 Å². The summed E-state index contributed by atoms with van der Waals surface area (Å²) in [7, 11) is 0. The minimum atomic E-state index is -0.622. The molecule has 134 valence electrons. The van der Waals surface area contributed by atoms with Gasteiger partial charge in [0.25, 0.3) is 5.24 Å². The van der Waals surface area contributed by atoms with E-state index in [1.807, 2.05) is 31.2 Å². The lowest BCUT2D eigenvalue weighted by Crippen LogP contribution is -2.44. The fourth-order valence-electron chi connectivity index (χ4n) is 3.07. The van der Waals surface area contributed by atoms with Crippen LogP contribution < -0.4 is 5.32 Å². The van der Waals surface area contributed by atoms with Crippen LogP contribution in [0.2, 0.25) is 0 Å². The van der Waals surface area contributed by atoms with Crippen molar-refractivity contribution in [2.45, 2.75) is 37.9 Å². The van der Waals surface area contributed by atoms with Gasteiger partial charge in [0.1, 0.15) is 5.25 Å². The zero-order valence-electron chi connectivity index (χ0n) is 14.4. The van der Waals surface area contributed by atoms with Crippen molar-refractivity contribution < 1.29 is 14.4 Å². The molecule has 2 fully saturated rings. The lowest BCUT2D eigenvalue weighted by atomic mass is 10.1. The van der Waals surface area contributed by atoms with Gasteiger partial charge < -0.3 is 5.32 Å². The third-order valence-corrected chi connectivity index (χ3v) is 5.58. The van der Waals surface area contributed by atoms with Gasteiger partial charge in [-0.05, 0) is 45.0 Å². The third-order valence-electron chi connectivity index (χ3n) is 4.50. The number of nitrogens with one attached hydrogen (secondary N) is 1. The number of likely N-dealkylation sites (tertiary alicyclic amines) is 1. The molecule has 2 heterocycles. The van der Waals surface area contributed by atoms with Crippen molar-refractivity contribution in [2.24, 2.45) is 0 Å². The van der Waals surface area contributed by atoms with Gasteiger partial charge in [-0.15, -0.1) is 0 Å². The van der Waals surface area contributed by atoms with Gasteiger partial charge in [0.15, 0.2) is 0 Å². The molecule has 2 aliphatic heterocycles. The Balaban J connectivity index is 1.54. The molecule has 2 aliphatic rings. The summed E-state index contributed by atoms with van der Waals surface area (Å²) >= 11 is 0.962. The number of imide groups is 1. The van der Waals surface area contributed by atoms with E-state index < -0.39 is 5.25 Å². The first-order valence-electron chi connectivity index (χ1n) is 8.64. The highest BCUT2D eigenvalue weighted by atomic mass is 32.2. The highest BCUT2D eigenvalue weighted by Crippen LogP contribution is 2.30. The molecule has 0 aromatic heterocycles. The fraction of sp³-hybridized carbons (Fsp3) is 0.500. The third kappa shape index (κ3) is 4.61. The van der Waals surface area contributed by atoms with Crippen molar-refractivity contribution in [3.63, 3.8) is 0 Å². The van der Waals surface area contributed by atoms with Crippen molar-refractivity contribution >= 4 is 34.5 Å². The number of hydrogen-bond donors (Lipinski definition) is 1. The minimum Gasteiger partial charge on any atom is -0.326 e. The Morgan fingerprint density at radius 1 is 1.16 bits per heavy atom. The molecule has 7 heteroatoms. The molecule has 0 saturated carbocycles. The van der Waals surface area contributed by atoms with Crippen molar-refractivity contribution in [3.05, 3.63) is 29.8 Å². The number of amides is 3. The first-order chi connectivity index (χ1) is 12.0. The topological polar surface area (TPSA) is 69.7 Å². The largest absolute Gasteiger partial charge is 0.326 e. The van der Waals surface area contributed by atoms with E-state index in [0.717, 1.165) is 43.3 Å². The van der Waals surface area contributed by atoms with Gasteiger partial charge in [-0.2, -0.15) is 0 Å². The SMILES string of the molecule is Cc1ccc(NC(=O)C[C@@H]2SC(=O)N(CN3CCCCC3)C2=O)cc1. The molecular formula is C18H23N3O3S. The first-order valence-corrected chi connectivity index (χ1v) is 9.52. The number of rotatable bonds is 5. The maximum Gasteiger partial charge on any atom is 0.290 e. The van der Waals surface area contributed by atoms with Crippen LogP contribution in [0.3, 0.4) is 0 Å². The van der Waals surface area contributed by atoms with Crippen LogP contribution in [-0.4, -0.2) is 51.9 Å². The van der Waals surface area contributed by atoms with Crippen LogP contribution in [0.4, 0.5) is 10.5 Å². The Kier molecular flexibility index (Phi) is 5.75. The molecule has 3 rings (SSSR count). The summed E-state index contributed by atoms with van der Waals surface area (Å²) in [6.45, 7) is 4.16. The van der Waals surface area contributed by atoms with Crippen LogP contribution in [0.1, 0.15) is 31.2 Å². The lowest BCUT2D eigenvalue weighted by molar-refractivity contribution is -0.130. The molecule has 1 N–H and O–H groups in total. The summed E-state index contributed by atoms with van der Waals surface area (Å²) in [6.07, 6.45) is 3.42. The number of carbonyl (C=O) groups is 3. The van der Waals surface area contributed by atoms with Crippen molar-refractivity contribution in [1.82, 2.24) is 9.80 Å². The number of anilines is 1. The van der Waals surface area contributed by atoms with Crippen LogP contribution in [-0.2, 0) is 9.59 Å². The molecule has 0 aliphatic carbocycles. The summed E-state index contributed by atoms with van der Waals surface area (Å²) in [5.41, 5.74) is 1.81. The Morgan fingerprint density at radius 2 is 1.84 bits per heavy atom. The molecule has 0 spiro atoms. The molecule has 2 saturated heterocycles. The van der Waals surface area contributed by atoms with Gasteiger partial charge in [0.2, 0.25) is 11.8 Å². The van der Waals surface area contributed by atoms with Gasteiger partial charge in [-0.3, -0.25) is 24.2 Å². The standard InChI is InChI=1S/C18H23N3O3S/c1-13-5-7-14(8-6-13)19-16(22)11-15-17(23)21(18(24)25-15)12-20-9-3-2-4-10-20/h5-8,15H,2-4,9-12H2,1H3,(H,19,22)/t15-/m0/s1. The number of benzene rings is 1. The van der Waals surface area contributed by atoms with E-state index in [1.54, 1.807) is 0 Å². The molecular weight excluding hydrogens is 338 g/mol. The van der Waals surface area contributed by atoms with E-state index >= 15 is 0 Å². The van der Waals surface area contributed by atoms with Crippen LogP contribution in [0, 0.1) is 6.92 Å². The Hall–Kier alpha value is -1.86. The van der Waals surface area contributed by atoms with Gasteiger partial charge in [-0.25, -0.2) is 0 Å². The molecule has 3 amide bonds. The maximum atomic E-state index is 12.5. The van der Waals surface area contributed by atoms with E-state index in [9.17, 15) is 14.4 Å². The van der Waals surface area contributed by atoms with Crippen LogP contribution in [0.25, 0.3) is 0 Å². The minimum absolute atomic E-state index is 0.0135. The number of carbonyl (C=O) groups excluding carboxylic acids is 3. The predicted molar refractivity (Wildman–Crippen MR) is 98.3 cm³/mol. The average Bonchev–Trinajstić information content (AvgIpc) is 2.85. The molecule has 1 aromatic carbocycles. The quantitative estimate of drug-likeness (QED) is 0.873. The fourth-order valence-corrected chi connectivity index (χ4v) is 4.06. The Bertz CT molecular complexity index is 656. The van der Waals surface area contributed by atoms with E-state index in [0.29, 0.717) is 12.4 Å². The lowest BCUT2D eigenvalue weighted by Gasteiger charge is -2.29. The zero-order valence-corrected chi connectivity index (χ0v) is 15.2. The number of aryl methyl sites for hydroxylation is 1. The number of nitrogens with zero attached hydrogens (tertiary/aromatic N) is 2. The highest BCUT2D eigenvalue weighted by Gasteiger charge is 2.41. The summed E-state index contributed by atoms with van der Waals surface area (Å²) in [4.78, 5) is 40.3. The maximum absolute atomic E-state index is 12.5. The van der Waals surface area contributed by atoms with Crippen molar-refractivity contribution in [1.29, 1.82) is 0 Å². The molecule has 25 heavy (non-hydrogen) atoms. The highest BCUT2D eigenvalue weighted by molar-refractivity contribution is 8.15. The molecule has 0 bridgehead atoms. The van der Waals surface area contributed by atoms with E-state index in [2.05, 4.69) is 10.2 Å². The van der Waals surface area contributed by atoms with Gasteiger partial charge in [0, 0.05) is 12.1 Å². The van der Waals surface area contributed by atoms with Crippen molar-refractivity contribution in [2.75, 3.05) is 25.1 Å². The average molecular weight is 361 g/mol. The van der Waals surface area contributed by atoms with Gasteiger partial charge in [0.05, 0.1) is 6.67 Å². The molecule has 0 radical (unpaired) electrons. The van der Waals surface area contributed by atoms with Crippen LogP contribution >= 0.6 is 11.8 Å². The normalized spacial score (nSPS) is 21.6. The second-order valence-corrected chi connectivity index (χ2v) is 7.73. The second kappa shape index (κ2) is 8.01.